The molecule has 8 nitrogen and oxygen atoms in total. The van der Waals surface area contributed by atoms with Crippen LogP contribution in [-0.4, -0.2) is 57.5 Å². The molecule has 2 atom stereocenters. The fourth-order valence-electron chi connectivity index (χ4n) is 2.74. The molecule has 142 valence electrons. The summed E-state index contributed by atoms with van der Waals surface area (Å²) >= 11 is 0. The molecule has 1 aliphatic heterocycles. The SMILES string of the molecule is C[C@@H]1C[C@@H]1C(=O)OCC(=O)Nc1ccc(S(=O)(=O)N2CCOCC2)cc1. The van der Waals surface area contributed by atoms with Crippen LogP contribution in [0.1, 0.15) is 13.3 Å². The van der Waals surface area contributed by atoms with Crippen LogP contribution in [0.25, 0.3) is 0 Å². The van der Waals surface area contributed by atoms with Crippen LogP contribution >= 0.6 is 0 Å². The van der Waals surface area contributed by atoms with Gasteiger partial charge in [-0.3, -0.25) is 9.59 Å². The molecule has 0 unspecified atom stereocenters. The Hall–Kier alpha value is -1.97. The van der Waals surface area contributed by atoms with E-state index in [2.05, 4.69) is 5.32 Å². The monoisotopic (exact) mass is 382 g/mol. The highest BCUT2D eigenvalue weighted by Gasteiger charge is 2.40. The van der Waals surface area contributed by atoms with Crippen LogP contribution in [0.4, 0.5) is 5.69 Å². The van der Waals surface area contributed by atoms with Gasteiger partial charge in [0.05, 0.1) is 24.0 Å². The van der Waals surface area contributed by atoms with Gasteiger partial charge in [0, 0.05) is 18.8 Å². The largest absolute Gasteiger partial charge is 0.455 e. The Balaban J connectivity index is 1.53. The van der Waals surface area contributed by atoms with Crippen molar-refractivity contribution >= 4 is 27.6 Å². The molecule has 0 bridgehead atoms. The maximum atomic E-state index is 12.5. The second-order valence-electron chi connectivity index (χ2n) is 6.52. The van der Waals surface area contributed by atoms with Crippen molar-refractivity contribution in [2.45, 2.75) is 18.2 Å². The smallest absolute Gasteiger partial charge is 0.309 e. The van der Waals surface area contributed by atoms with E-state index in [-0.39, 0.29) is 23.4 Å². The molecule has 0 aromatic heterocycles. The Labute approximate surface area is 152 Å². The lowest BCUT2D eigenvalue weighted by Gasteiger charge is -2.26. The molecule has 2 aliphatic rings. The van der Waals surface area contributed by atoms with Gasteiger partial charge in [-0.2, -0.15) is 4.31 Å². The molecule has 1 amide bonds. The maximum Gasteiger partial charge on any atom is 0.309 e. The molecule has 1 saturated heterocycles. The second kappa shape index (κ2) is 7.73. The zero-order chi connectivity index (χ0) is 18.7. The molecule has 1 aliphatic carbocycles. The van der Waals surface area contributed by atoms with Crippen LogP contribution in [0.3, 0.4) is 0 Å². The molecular formula is C17H22N2O6S. The first kappa shape index (κ1) is 18.8. The number of carbonyl (C=O) groups is 2. The number of carbonyl (C=O) groups excluding carboxylic acids is 2. The number of esters is 1. The lowest BCUT2D eigenvalue weighted by atomic mass is 10.3. The van der Waals surface area contributed by atoms with Crippen molar-refractivity contribution in [3.63, 3.8) is 0 Å². The van der Waals surface area contributed by atoms with Gasteiger partial charge in [-0.25, -0.2) is 8.42 Å². The fourth-order valence-corrected chi connectivity index (χ4v) is 4.15. The average Bonchev–Trinajstić information content (AvgIpc) is 3.38. The highest BCUT2D eigenvalue weighted by atomic mass is 32.2. The number of anilines is 1. The third-order valence-corrected chi connectivity index (χ3v) is 6.42. The van der Waals surface area contributed by atoms with Crippen LogP contribution in [0.15, 0.2) is 29.2 Å². The summed E-state index contributed by atoms with van der Waals surface area (Å²) in [5.74, 6) is -0.575. The van der Waals surface area contributed by atoms with E-state index in [9.17, 15) is 18.0 Å². The molecule has 1 aromatic carbocycles. The second-order valence-corrected chi connectivity index (χ2v) is 8.45. The summed E-state index contributed by atoms with van der Waals surface area (Å²) in [5.41, 5.74) is 0.437. The Morgan fingerprint density at radius 1 is 1.23 bits per heavy atom. The lowest BCUT2D eigenvalue weighted by molar-refractivity contribution is -0.148. The molecule has 26 heavy (non-hydrogen) atoms. The zero-order valence-corrected chi connectivity index (χ0v) is 15.3. The average molecular weight is 382 g/mol. The summed E-state index contributed by atoms with van der Waals surface area (Å²) in [6.07, 6.45) is 0.805. The summed E-state index contributed by atoms with van der Waals surface area (Å²) in [6.45, 7) is 3.02. The predicted molar refractivity (Wildman–Crippen MR) is 92.9 cm³/mol. The number of sulfonamides is 1. The van der Waals surface area contributed by atoms with Gasteiger partial charge >= 0.3 is 5.97 Å². The highest BCUT2D eigenvalue weighted by molar-refractivity contribution is 7.89. The number of nitrogens with one attached hydrogen (secondary N) is 1. The Morgan fingerprint density at radius 3 is 2.42 bits per heavy atom. The highest BCUT2D eigenvalue weighted by Crippen LogP contribution is 2.38. The molecule has 1 saturated carbocycles. The van der Waals surface area contributed by atoms with E-state index in [1.807, 2.05) is 6.92 Å². The zero-order valence-electron chi connectivity index (χ0n) is 14.5. The molecule has 0 radical (unpaired) electrons. The molecule has 0 spiro atoms. The third kappa shape index (κ3) is 4.40. The van der Waals surface area contributed by atoms with Crippen molar-refractivity contribution in [1.29, 1.82) is 0 Å². The van der Waals surface area contributed by atoms with Crippen molar-refractivity contribution in [3.8, 4) is 0 Å². The van der Waals surface area contributed by atoms with Crippen molar-refractivity contribution in [2.75, 3.05) is 38.2 Å². The number of amides is 1. The number of ether oxygens (including phenoxy) is 2. The lowest BCUT2D eigenvalue weighted by Crippen LogP contribution is -2.40. The van der Waals surface area contributed by atoms with E-state index in [1.54, 1.807) is 0 Å². The summed E-state index contributed by atoms with van der Waals surface area (Å²) in [7, 11) is -3.57. The van der Waals surface area contributed by atoms with Gasteiger partial charge in [-0.15, -0.1) is 0 Å². The van der Waals surface area contributed by atoms with Crippen molar-refractivity contribution in [1.82, 2.24) is 4.31 Å². The summed E-state index contributed by atoms with van der Waals surface area (Å²) in [4.78, 5) is 23.6. The topological polar surface area (TPSA) is 102 Å². The van der Waals surface area contributed by atoms with Gasteiger partial charge in [0.25, 0.3) is 5.91 Å². The number of hydrogen-bond donors (Lipinski definition) is 1. The molecule has 2 fully saturated rings. The molecule has 1 heterocycles. The summed E-state index contributed by atoms with van der Waals surface area (Å²) in [6, 6.07) is 5.91. The van der Waals surface area contributed by atoms with Gasteiger partial charge in [0.1, 0.15) is 0 Å². The maximum absolute atomic E-state index is 12.5. The third-order valence-electron chi connectivity index (χ3n) is 4.50. The van der Waals surface area contributed by atoms with E-state index in [4.69, 9.17) is 9.47 Å². The van der Waals surface area contributed by atoms with Crippen LogP contribution in [0.5, 0.6) is 0 Å². The van der Waals surface area contributed by atoms with Crippen LogP contribution in [0, 0.1) is 11.8 Å². The quantitative estimate of drug-likeness (QED) is 0.732. The van der Waals surface area contributed by atoms with Gasteiger partial charge in [0.15, 0.2) is 6.61 Å². The molecule has 9 heteroatoms. The first-order valence-electron chi connectivity index (χ1n) is 8.52. The number of nitrogens with zero attached hydrogens (tertiary/aromatic N) is 1. The van der Waals surface area contributed by atoms with E-state index in [1.165, 1.54) is 28.6 Å². The Kier molecular flexibility index (Phi) is 5.59. The van der Waals surface area contributed by atoms with Crippen LogP contribution in [0.2, 0.25) is 0 Å². The number of hydrogen-bond acceptors (Lipinski definition) is 6. The Bertz CT molecular complexity index is 771. The summed E-state index contributed by atoms with van der Waals surface area (Å²) < 4.78 is 36.5. The van der Waals surface area contributed by atoms with Gasteiger partial charge in [-0.1, -0.05) is 6.92 Å². The van der Waals surface area contributed by atoms with E-state index in [0.717, 1.165) is 6.42 Å². The van der Waals surface area contributed by atoms with Crippen LogP contribution in [-0.2, 0) is 29.1 Å². The minimum atomic E-state index is -3.57. The first-order chi connectivity index (χ1) is 12.4. The van der Waals surface area contributed by atoms with Crippen molar-refractivity contribution in [3.05, 3.63) is 24.3 Å². The van der Waals surface area contributed by atoms with Crippen molar-refractivity contribution < 1.29 is 27.5 Å². The van der Waals surface area contributed by atoms with E-state index in [0.29, 0.717) is 37.9 Å². The standard InChI is InChI=1S/C17H22N2O6S/c1-12-10-15(12)17(21)25-11-16(20)18-13-2-4-14(5-3-13)26(22,23)19-6-8-24-9-7-19/h2-5,12,15H,6-11H2,1H3,(H,18,20)/t12-,15+/m1/s1. The van der Waals surface area contributed by atoms with E-state index >= 15 is 0 Å². The Morgan fingerprint density at radius 2 is 1.85 bits per heavy atom. The fraction of sp³-hybridized carbons (Fsp3) is 0.529. The molecule has 3 rings (SSSR count). The normalized spacial score (nSPS) is 23.3. The van der Waals surface area contributed by atoms with Crippen molar-refractivity contribution in [2.24, 2.45) is 11.8 Å². The minimum Gasteiger partial charge on any atom is -0.455 e. The minimum absolute atomic E-state index is 0.0903. The first-order valence-corrected chi connectivity index (χ1v) is 9.96. The number of rotatable bonds is 6. The number of benzene rings is 1. The van der Waals surface area contributed by atoms with Gasteiger partial charge < -0.3 is 14.8 Å². The van der Waals surface area contributed by atoms with Crippen LogP contribution < -0.4 is 5.32 Å². The summed E-state index contributed by atoms with van der Waals surface area (Å²) in [5, 5.41) is 2.58. The van der Waals surface area contributed by atoms with E-state index < -0.39 is 15.9 Å². The van der Waals surface area contributed by atoms with Gasteiger partial charge in [-0.05, 0) is 36.6 Å². The predicted octanol–water partition coefficient (Wildman–Crippen LogP) is 0.845. The molecule has 1 aromatic rings. The number of morpholine rings is 1. The van der Waals surface area contributed by atoms with Gasteiger partial charge in [0.2, 0.25) is 10.0 Å². The molecule has 1 N–H and O–H groups in total. The molecular weight excluding hydrogens is 360 g/mol.